The molecular weight excluding hydrogens is 154 g/mol. The Morgan fingerprint density at radius 2 is 2.33 bits per heavy atom. The van der Waals surface area contributed by atoms with Gasteiger partial charge in [0.25, 0.3) is 0 Å². The molecule has 3 nitrogen and oxygen atoms in total. The average Bonchev–Trinajstić information content (AvgIpc) is 2.34. The molecule has 1 atom stereocenters. The van der Waals surface area contributed by atoms with Crippen molar-refractivity contribution in [2.45, 2.75) is 32.2 Å². The second-order valence-electron chi connectivity index (χ2n) is 3.52. The van der Waals surface area contributed by atoms with Crippen molar-refractivity contribution >= 4 is 5.97 Å². The van der Waals surface area contributed by atoms with Gasteiger partial charge in [0.2, 0.25) is 0 Å². The Morgan fingerprint density at radius 1 is 1.67 bits per heavy atom. The van der Waals surface area contributed by atoms with Crippen LogP contribution < -0.4 is 0 Å². The van der Waals surface area contributed by atoms with Gasteiger partial charge in [-0.05, 0) is 40.3 Å². The van der Waals surface area contributed by atoms with Crippen molar-refractivity contribution in [2.75, 3.05) is 20.2 Å². The summed E-state index contributed by atoms with van der Waals surface area (Å²) in [5, 5.41) is 0. The second-order valence-corrected chi connectivity index (χ2v) is 3.52. The molecule has 12 heavy (non-hydrogen) atoms. The Balaban J connectivity index is 2.63. The number of carbonyl (C=O) groups is 1. The maximum atomic E-state index is 11.5. The van der Waals surface area contributed by atoms with Gasteiger partial charge < -0.3 is 4.74 Å². The summed E-state index contributed by atoms with van der Waals surface area (Å²) in [5.41, 5.74) is -0.365. The molecule has 0 radical (unpaired) electrons. The van der Waals surface area contributed by atoms with Crippen LogP contribution in [0.3, 0.4) is 0 Å². The number of likely N-dealkylation sites (N-methyl/N-ethyl adjacent to an activating group) is 1. The molecule has 3 heteroatoms. The molecule has 0 bridgehead atoms. The molecule has 70 valence electrons. The third-order valence-electron chi connectivity index (χ3n) is 2.71. The molecule has 1 aliphatic heterocycles. The van der Waals surface area contributed by atoms with Crippen LogP contribution in [0.1, 0.15) is 26.7 Å². The summed E-state index contributed by atoms with van der Waals surface area (Å²) in [5.74, 6) is -0.0787. The highest BCUT2D eigenvalue weighted by Crippen LogP contribution is 2.28. The van der Waals surface area contributed by atoms with Crippen LogP contribution in [-0.4, -0.2) is 36.6 Å². The van der Waals surface area contributed by atoms with Gasteiger partial charge in [-0.2, -0.15) is 0 Å². The summed E-state index contributed by atoms with van der Waals surface area (Å²) in [6.45, 7) is 5.27. The Kier molecular flexibility index (Phi) is 2.73. The van der Waals surface area contributed by atoms with Gasteiger partial charge in [-0.25, -0.2) is 0 Å². The fraction of sp³-hybridized carbons (Fsp3) is 0.889. The first-order valence-corrected chi connectivity index (χ1v) is 4.49. The first kappa shape index (κ1) is 9.52. The van der Waals surface area contributed by atoms with E-state index >= 15 is 0 Å². The lowest BCUT2D eigenvalue weighted by molar-refractivity contribution is -0.154. The van der Waals surface area contributed by atoms with E-state index in [-0.39, 0.29) is 11.5 Å². The first-order chi connectivity index (χ1) is 5.61. The Labute approximate surface area is 73.7 Å². The molecule has 0 aromatic rings. The van der Waals surface area contributed by atoms with Gasteiger partial charge in [0, 0.05) is 0 Å². The van der Waals surface area contributed by atoms with Gasteiger partial charge in [0.05, 0.1) is 6.61 Å². The quantitative estimate of drug-likeness (QED) is 0.581. The lowest BCUT2D eigenvalue weighted by Crippen LogP contribution is -2.46. The zero-order valence-electron chi connectivity index (χ0n) is 8.09. The summed E-state index contributed by atoms with van der Waals surface area (Å²) in [7, 11) is 1.98. The number of ether oxygens (including phenoxy) is 1. The first-order valence-electron chi connectivity index (χ1n) is 4.49. The van der Waals surface area contributed by atoms with E-state index in [1.807, 2.05) is 20.9 Å². The number of likely N-dealkylation sites (tertiary alicyclic amines) is 1. The van der Waals surface area contributed by atoms with E-state index in [1.165, 1.54) is 0 Å². The average molecular weight is 171 g/mol. The fourth-order valence-corrected chi connectivity index (χ4v) is 1.64. The number of rotatable bonds is 2. The molecule has 1 saturated heterocycles. The Bertz CT molecular complexity index is 181. The molecule has 0 N–H and O–H groups in total. The molecule has 1 rings (SSSR count). The number of nitrogens with zero attached hydrogens (tertiary/aromatic N) is 1. The highest BCUT2D eigenvalue weighted by molar-refractivity contribution is 5.80. The van der Waals surface area contributed by atoms with Crippen molar-refractivity contribution in [3.8, 4) is 0 Å². The van der Waals surface area contributed by atoms with Crippen LogP contribution in [0, 0.1) is 0 Å². The number of esters is 1. The number of hydrogen-bond acceptors (Lipinski definition) is 3. The van der Waals surface area contributed by atoms with E-state index in [1.54, 1.807) is 0 Å². The summed E-state index contributed by atoms with van der Waals surface area (Å²) < 4.78 is 5.02. The molecular formula is C9H17NO2. The highest BCUT2D eigenvalue weighted by Gasteiger charge is 2.42. The molecule has 1 heterocycles. The summed E-state index contributed by atoms with van der Waals surface area (Å²) >= 11 is 0. The lowest BCUT2D eigenvalue weighted by atomic mass is 10.00. The lowest BCUT2D eigenvalue weighted by Gasteiger charge is -2.29. The Hall–Kier alpha value is -0.570. The minimum Gasteiger partial charge on any atom is -0.465 e. The minimum absolute atomic E-state index is 0.0787. The van der Waals surface area contributed by atoms with E-state index in [0.717, 1.165) is 19.4 Å². The molecule has 0 saturated carbocycles. The molecule has 0 aliphatic carbocycles. The van der Waals surface area contributed by atoms with E-state index in [4.69, 9.17) is 4.74 Å². The van der Waals surface area contributed by atoms with Gasteiger partial charge in [-0.15, -0.1) is 0 Å². The van der Waals surface area contributed by atoms with Crippen molar-refractivity contribution in [1.29, 1.82) is 0 Å². The SMILES string of the molecule is CCOC(=O)[C@]1(C)CCCN1C. The van der Waals surface area contributed by atoms with E-state index in [9.17, 15) is 4.79 Å². The van der Waals surface area contributed by atoms with Gasteiger partial charge in [-0.3, -0.25) is 9.69 Å². The van der Waals surface area contributed by atoms with Crippen molar-refractivity contribution in [2.24, 2.45) is 0 Å². The maximum Gasteiger partial charge on any atom is 0.326 e. The third-order valence-corrected chi connectivity index (χ3v) is 2.71. The van der Waals surface area contributed by atoms with Crippen LogP contribution in [0.4, 0.5) is 0 Å². The van der Waals surface area contributed by atoms with Crippen LogP contribution in [0.15, 0.2) is 0 Å². The van der Waals surface area contributed by atoms with Crippen LogP contribution in [-0.2, 0) is 9.53 Å². The molecule has 0 amide bonds. The smallest absolute Gasteiger partial charge is 0.326 e. The highest BCUT2D eigenvalue weighted by atomic mass is 16.5. The molecule has 1 aliphatic rings. The van der Waals surface area contributed by atoms with Gasteiger partial charge in [0.1, 0.15) is 5.54 Å². The monoisotopic (exact) mass is 171 g/mol. The molecule has 1 fully saturated rings. The second kappa shape index (κ2) is 3.44. The van der Waals surface area contributed by atoms with Crippen LogP contribution in [0.2, 0.25) is 0 Å². The number of hydrogen-bond donors (Lipinski definition) is 0. The van der Waals surface area contributed by atoms with Gasteiger partial charge >= 0.3 is 5.97 Å². The Morgan fingerprint density at radius 3 is 2.75 bits per heavy atom. The molecule has 0 aromatic carbocycles. The third kappa shape index (κ3) is 1.46. The number of carbonyl (C=O) groups excluding carboxylic acids is 1. The normalized spacial score (nSPS) is 30.6. The van der Waals surface area contributed by atoms with E-state index < -0.39 is 0 Å². The summed E-state index contributed by atoms with van der Waals surface area (Å²) in [6, 6.07) is 0. The van der Waals surface area contributed by atoms with Crippen LogP contribution >= 0.6 is 0 Å². The van der Waals surface area contributed by atoms with Gasteiger partial charge in [-0.1, -0.05) is 0 Å². The van der Waals surface area contributed by atoms with Crippen LogP contribution in [0.5, 0.6) is 0 Å². The minimum atomic E-state index is -0.365. The predicted molar refractivity (Wildman–Crippen MR) is 46.9 cm³/mol. The zero-order chi connectivity index (χ0) is 9.19. The van der Waals surface area contributed by atoms with Crippen molar-refractivity contribution in [3.05, 3.63) is 0 Å². The summed E-state index contributed by atoms with van der Waals surface area (Å²) in [4.78, 5) is 13.6. The van der Waals surface area contributed by atoms with Crippen molar-refractivity contribution < 1.29 is 9.53 Å². The van der Waals surface area contributed by atoms with Gasteiger partial charge in [0.15, 0.2) is 0 Å². The maximum absolute atomic E-state index is 11.5. The molecule has 0 unspecified atom stereocenters. The van der Waals surface area contributed by atoms with Crippen molar-refractivity contribution in [1.82, 2.24) is 4.90 Å². The fourth-order valence-electron chi connectivity index (χ4n) is 1.64. The zero-order valence-corrected chi connectivity index (χ0v) is 8.09. The van der Waals surface area contributed by atoms with Crippen molar-refractivity contribution in [3.63, 3.8) is 0 Å². The largest absolute Gasteiger partial charge is 0.465 e. The van der Waals surface area contributed by atoms with E-state index in [0.29, 0.717) is 6.61 Å². The van der Waals surface area contributed by atoms with E-state index in [2.05, 4.69) is 4.90 Å². The molecule has 0 aromatic heterocycles. The van der Waals surface area contributed by atoms with Crippen LogP contribution in [0.25, 0.3) is 0 Å². The summed E-state index contributed by atoms with van der Waals surface area (Å²) in [6.07, 6.45) is 2.01. The predicted octanol–water partition coefficient (Wildman–Crippen LogP) is 1.03. The molecule has 0 spiro atoms. The standard InChI is InChI=1S/C9H17NO2/c1-4-12-8(11)9(2)6-5-7-10(9)3/h4-7H2,1-3H3/t9-/m0/s1. The topological polar surface area (TPSA) is 29.5 Å².